The van der Waals surface area contributed by atoms with Crippen molar-refractivity contribution in [1.29, 1.82) is 0 Å². The number of hydrogen-bond acceptors (Lipinski definition) is 4. The SMILES string of the molecule is Cc1ccccc1C1=NOC2CN(C(=O)c3oc4ccccc4c3C)CC12. The predicted molar refractivity (Wildman–Crippen MR) is 103 cm³/mol. The van der Waals surface area contributed by atoms with Gasteiger partial charge in [0.25, 0.3) is 5.91 Å². The third kappa shape index (κ3) is 2.46. The molecule has 2 atom stereocenters. The molecule has 0 bridgehead atoms. The van der Waals surface area contributed by atoms with Crippen LogP contribution in [0.3, 0.4) is 0 Å². The lowest BCUT2D eigenvalue weighted by molar-refractivity contribution is 0.0613. The first-order chi connectivity index (χ1) is 13.1. The van der Waals surface area contributed by atoms with E-state index in [1.807, 2.05) is 48.2 Å². The molecule has 5 heteroatoms. The molecule has 1 fully saturated rings. The highest BCUT2D eigenvalue weighted by Gasteiger charge is 2.45. The second-order valence-electron chi connectivity index (χ2n) is 7.30. The number of carbonyl (C=O) groups is 1. The van der Waals surface area contributed by atoms with E-state index in [1.165, 1.54) is 5.56 Å². The van der Waals surface area contributed by atoms with Crippen molar-refractivity contribution in [2.45, 2.75) is 20.0 Å². The Kier molecular flexibility index (Phi) is 3.57. The first kappa shape index (κ1) is 16.1. The van der Waals surface area contributed by atoms with Gasteiger partial charge in [0.05, 0.1) is 18.2 Å². The normalized spacial score (nSPS) is 21.3. The van der Waals surface area contributed by atoms with Gasteiger partial charge in [0, 0.05) is 23.1 Å². The Morgan fingerprint density at radius 3 is 2.67 bits per heavy atom. The van der Waals surface area contributed by atoms with Crippen LogP contribution in [-0.4, -0.2) is 35.7 Å². The summed E-state index contributed by atoms with van der Waals surface area (Å²) in [5.74, 6) is 0.441. The topological polar surface area (TPSA) is 55.0 Å². The molecule has 3 aromatic rings. The maximum Gasteiger partial charge on any atom is 0.290 e. The van der Waals surface area contributed by atoms with E-state index in [9.17, 15) is 4.79 Å². The summed E-state index contributed by atoms with van der Waals surface area (Å²) >= 11 is 0. The number of fused-ring (bicyclic) bond motifs is 2. The lowest BCUT2D eigenvalue weighted by Crippen LogP contribution is -2.30. The van der Waals surface area contributed by atoms with Gasteiger partial charge in [0.2, 0.25) is 0 Å². The van der Waals surface area contributed by atoms with Crippen LogP contribution >= 0.6 is 0 Å². The van der Waals surface area contributed by atoms with Gasteiger partial charge < -0.3 is 14.2 Å². The van der Waals surface area contributed by atoms with Crippen LogP contribution in [0.15, 0.2) is 58.1 Å². The second-order valence-corrected chi connectivity index (χ2v) is 7.30. The van der Waals surface area contributed by atoms with E-state index in [0.717, 1.165) is 27.8 Å². The van der Waals surface area contributed by atoms with Crippen LogP contribution in [0.25, 0.3) is 11.0 Å². The Balaban J connectivity index is 1.42. The van der Waals surface area contributed by atoms with Crippen molar-refractivity contribution < 1.29 is 14.0 Å². The number of para-hydroxylation sites is 1. The highest BCUT2D eigenvalue weighted by molar-refractivity contribution is 6.05. The maximum absolute atomic E-state index is 13.1. The molecule has 0 spiro atoms. The number of hydrogen-bond donors (Lipinski definition) is 0. The van der Waals surface area contributed by atoms with E-state index >= 15 is 0 Å². The van der Waals surface area contributed by atoms with Gasteiger partial charge in [0.15, 0.2) is 11.9 Å². The van der Waals surface area contributed by atoms with Crippen molar-refractivity contribution in [2.75, 3.05) is 13.1 Å². The van der Waals surface area contributed by atoms with Gasteiger partial charge in [-0.1, -0.05) is 47.6 Å². The molecule has 2 aromatic carbocycles. The van der Waals surface area contributed by atoms with E-state index in [1.54, 1.807) is 0 Å². The van der Waals surface area contributed by atoms with Crippen LogP contribution in [0.5, 0.6) is 0 Å². The zero-order valence-electron chi connectivity index (χ0n) is 15.3. The molecule has 1 amide bonds. The van der Waals surface area contributed by atoms with Crippen LogP contribution in [0.2, 0.25) is 0 Å². The van der Waals surface area contributed by atoms with Crippen LogP contribution < -0.4 is 0 Å². The Morgan fingerprint density at radius 2 is 1.85 bits per heavy atom. The van der Waals surface area contributed by atoms with E-state index in [4.69, 9.17) is 9.25 Å². The minimum absolute atomic E-state index is 0.0779. The van der Waals surface area contributed by atoms with Gasteiger partial charge in [-0.2, -0.15) is 0 Å². The van der Waals surface area contributed by atoms with Gasteiger partial charge >= 0.3 is 0 Å². The predicted octanol–water partition coefficient (Wildman–Crippen LogP) is 3.92. The van der Waals surface area contributed by atoms with Crippen molar-refractivity contribution in [3.8, 4) is 0 Å². The average molecular weight is 360 g/mol. The summed E-state index contributed by atoms with van der Waals surface area (Å²) in [6, 6.07) is 15.9. The summed E-state index contributed by atoms with van der Waals surface area (Å²) in [7, 11) is 0. The molecule has 5 nitrogen and oxygen atoms in total. The molecular formula is C22H20N2O3. The number of likely N-dealkylation sites (tertiary alicyclic amines) is 1. The van der Waals surface area contributed by atoms with Crippen molar-refractivity contribution in [1.82, 2.24) is 4.90 Å². The van der Waals surface area contributed by atoms with Crippen LogP contribution in [-0.2, 0) is 4.84 Å². The molecule has 27 heavy (non-hydrogen) atoms. The molecular weight excluding hydrogens is 340 g/mol. The molecule has 136 valence electrons. The fourth-order valence-corrected chi connectivity index (χ4v) is 4.13. The quantitative estimate of drug-likeness (QED) is 0.696. The third-order valence-electron chi connectivity index (χ3n) is 5.65. The molecule has 2 aliphatic heterocycles. The molecule has 2 unspecified atom stereocenters. The lowest BCUT2D eigenvalue weighted by Gasteiger charge is -2.16. The molecule has 2 aliphatic rings. The number of aryl methyl sites for hydroxylation is 2. The van der Waals surface area contributed by atoms with Gasteiger partial charge in [-0.05, 0) is 25.5 Å². The zero-order valence-corrected chi connectivity index (χ0v) is 15.3. The highest BCUT2D eigenvalue weighted by atomic mass is 16.6. The molecule has 0 radical (unpaired) electrons. The van der Waals surface area contributed by atoms with Crippen molar-refractivity contribution in [3.05, 3.63) is 71.0 Å². The van der Waals surface area contributed by atoms with E-state index in [-0.39, 0.29) is 17.9 Å². The van der Waals surface area contributed by atoms with Crippen LogP contribution in [0.4, 0.5) is 0 Å². The summed E-state index contributed by atoms with van der Waals surface area (Å²) in [5.41, 5.74) is 4.84. The van der Waals surface area contributed by atoms with Crippen LogP contribution in [0, 0.1) is 19.8 Å². The van der Waals surface area contributed by atoms with E-state index in [0.29, 0.717) is 18.8 Å². The Bertz CT molecular complexity index is 1080. The zero-order chi connectivity index (χ0) is 18.5. The smallest absolute Gasteiger partial charge is 0.290 e. The van der Waals surface area contributed by atoms with Gasteiger partial charge in [-0.3, -0.25) is 4.79 Å². The molecule has 1 saturated heterocycles. The molecule has 3 heterocycles. The largest absolute Gasteiger partial charge is 0.451 e. The number of rotatable bonds is 2. The standard InChI is InChI=1S/C22H20N2O3/c1-13-7-3-4-8-15(13)20-17-11-24(12-19(17)27-23-20)22(25)21-14(2)16-9-5-6-10-18(16)26-21/h3-10,17,19H,11-12H2,1-2H3. The lowest BCUT2D eigenvalue weighted by atomic mass is 9.92. The molecule has 1 aromatic heterocycles. The van der Waals surface area contributed by atoms with Crippen molar-refractivity contribution in [2.24, 2.45) is 11.1 Å². The molecule has 5 rings (SSSR count). The van der Waals surface area contributed by atoms with Crippen molar-refractivity contribution in [3.63, 3.8) is 0 Å². The first-order valence-corrected chi connectivity index (χ1v) is 9.20. The third-order valence-corrected chi connectivity index (χ3v) is 5.65. The Hall–Kier alpha value is -3.08. The average Bonchev–Trinajstić information content (AvgIpc) is 3.35. The number of carbonyl (C=O) groups excluding carboxylic acids is 1. The Morgan fingerprint density at radius 1 is 1.07 bits per heavy atom. The highest BCUT2D eigenvalue weighted by Crippen LogP contribution is 2.33. The fourth-order valence-electron chi connectivity index (χ4n) is 4.13. The maximum atomic E-state index is 13.1. The minimum atomic E-state index is -0.0896. The summed E-state index contributed by atoms with van der Waals surface area (Å²) in [6.07, 6.45) is -0.0896. The molecule has 0 saturated carbocycles. The summed E-state index contributed by atoms with van der Waals surface area (Å²) in [6.45, 7) is 5.12. The van der Waals surface area contributed by atoms with E-state index in [2.05, 4.69) is 24.2 Å². The number of oxime groups is 1. The van der Waals surface area contributed by atoms with Gasteiger partial charge in [-0.25, -0.2) is 0 Å². The first-order valence-electron chi connectivity index (χ1n) is 9.20. The Labute approximate surface area is 157 Å². The molecule has 0 N–H and O–H groups in total. The number of amides is 1. The summed E-state index contributed by atoms with van der Waals surface area (Å²) < 4.78 is 5.86. The summed E-state index contributed by atoms with van der Waals surface area (Å²) in [4.78, 5) is 20.6. The monoisotopic (exact) mass is 360 g/mol. The number of furan rings is 1. The van der Waals surface area contributed by atoms with Crippen molar-refractivity contribution >= 4 is 22.6 Å². The van der Waals surface area contributed by atoms with Crippen LogP contribution in [0.1, 0.15) is 27.2 Å². The second kappa shape index (κ2) is 5.98. The fraction of sp³-hybridized carbons (Fsp3) is 0.273. The molecule has 0 aliphatic carbocycles. The number of benzene rings is 2. The van der Waals surface area contributed by atoms with Gasteiger partial charge in [-0.15, -0.1) is 0 Å². The van der Waals surface area contributed by atoms with Gasteiger partial charge in [0.1, 0.15) is 5.58 Å². The van der Waals surface area contributed by atoms with E-state index < -0.39 is 0 Å². The summed E-state index contributed by atoms with van der Waals surface area (Å²) in [5, 5.41) is 5.31. The number of nitrogens with zero attached hydrogens (tertiary/aromatic N) is 2. The minimum Gasteiger partial charge on any atom is -0.451 e.